The molecular formula is C19H17NO2. The fraction of sp³-hybridized carbons (Fsp3) is 0.105. The number of fused-ring (bicyclic) bond motifs is 1. The minimum Gasteiger partial charge on any atom is -0.508 e. The van der Waals surface area contributed by atoms with Crippen molar-refractivity contribution in [2.45, 2.75) is 6.92 Å². The summed E-state index contributed by atoms with van der Waals surface area (Å²) in [6.45, 7) is 1.97. The van der Waals surface area contributed by atoms with Crippen molar-refractivity contribution in [1.29, 1.82) is 0 Å². The predicted octanol–water partition coefficient (Wildman–Crippen LogP) is 4.08. The van der Waals surface area contributed by atoms with Crippen molar-refractivity contribution in [2.24, 2.45) is 5.92 Å². The zero-order valence-electron chi connectivity index (χ0n) is 12.3. The van der Waals surface area contributed by atoms with Crippen LogP contribution in [-0.2, 0) is 4.79 Å². The third-order valence-corrected chi connectivity index (χ3v) is 3.76. The summed E-state index contributed by atoms with van der Waals surface area (Å²) in [5.74, 6) is -0.205. The van der Waals surface area contributed by atoms with E-state index in [2.05, 4.69) is 11.4 Å². The first-order valence-corrected chi connectivity index (χ1v) is 7.19. The van der Waals surface area contributed by atoms with Crippen LogP contribution in [0.15, 0.2) is 60.2 Å². The summed E-state index contributed by atoms with van der Waals surface area (Å²) in [5.41, 5.74) is 3.90. The number of benzene rings is 2. The first kappa shape index (κ1) is 14.1. The third-order valence-electron chi connectivity index (χ3n) is 3.76. The Labute approximate surface area is 129 Å². The van der Waals surface area contributed by atoms with Crippen LogP contribution in [0.5, 0.6) is 5.75 Å². The molecule has 0 heterocycles. The molecule has 0 spiro atoms. The molecule has 1 unspecified atom stereocenters. The summed E-state index contributed by atoms with van der Waals surface area (Å²) in [6, 6.07) is 14.5. The number of amides is 1. The van der Waals surface area contributed by atoms with E-state index in [0.29, 0.717) is 5.69 Å². The molecular weight excluding hydrogens is 274 g/mol. The van der Waals surface area contributed by atoms with Crippen molar-refractivity contribution in [3.63, 3.8) is 0 Å². The van der Waals surface area contributed by atoms with E-state index >= 15 is 0 Å². The lowest BCUT2D eigenvalue weighted by atomic mass is 9.98. The SMILES string of the molecule is CC1=Cc2ccccc2C=CC1C(=O)Nc1ccc(O)cc1. The minimum atomic E-state index is -0.304. The van der Waals surface area contributed by atoms with Crippen LogP contribution in [0.4, 0.5) is 5.69 Å². The Hall–Kier alpha value is -2.81. The zero-order valence-corrected chi connectivity index (χ0v) is 12.3. The molecule has 3 nitrogen and oxygen atoms in total. The van der Waals surface area contributed by atoms with Crippen LogP contribution in [-0.4, -0.2) is 11.0 Å². The predicted molar refractivity (Wildman–Crippen MR) is 89.4 cm³/mol. The molecule has 22 heavy (non-hydrogen) atoms. The number of nitrogens with one attached hydrogen (secondary N) is 1. The van der Waals surface area contributed by atoms with E-state index in [0.717, 1.165) is 16.7 Å². The largest absolute Gasteiger partial charge is 0.508 e. The molecule has 2 aromatic rings. The van der Waals surface area contributed by atoms with Crippen LogP contribution in [0.1, 0.15) is 18.1 Å². The highest BCUT2D eigenvalue weighted by Crippen LogP contribution is 2.26. The second-order valence-electron chi connectivity index (χ2n) is 5.39. The molecule has 1 aliphatic carbocycles. The van der Waals surface area contributed by atoms with E-state index < -0.39 is 0 Å². The zero-order chi connectivity index (χ0) is 15.5. The summed E-state index contributed by atoms with van der Waals surface area (Å²) in [5, 5.41) is 12.2. The van der Waals surface area contributed by atoms with Gasteiger partial charge in [-0.25, -0.2) is 0 Å². The average Bonchev–Trinajstić information content (AvgIpc) is 2.67. The number of rotatable bonds is 2. The van der Waals surface area contributed by atoms with Gasteiger partial charge in [0, 0.05) is 5.69 Å². The molecule has 0 saturated carbocycles. The molecule has 2 aromatic carbocycles. The van der Waals surface area contributed by atoms with E-state index in [1.54, 1.807) is 24.3 Å². The Morgan fingerprint density at radius 2 is 1.73 bits per heavy atom. The maximum Gasteiger partial charge on any atom is 0.235 e. The van der Waals surface area contributed by atoms with Crippen LogP contribution in [0.25, 0.3) is 12.2 Å². The van der Waals surface area contributed by atoms with Crippen molar-refractivity contribution < 1.29 is 9.90 Å². The van der Waals surface area contributed by atoms with Crippen LogP contribution in [0.2, 0.25) is 0 Å². The van der Waals surface area contributed by atoms with Gasteiger partial charge in [-0.1, -0.05) is 48.1 Å². The van der Waals surface area contributed by atoms with Crippen molar-refractivity contribution in [3.8, 4) is 5.75 Å². The Balaban J connectivity index is 1.83. The fourth-order valence-electron chi connectivity index (χ4n) is 2.54. The Bertz CT molecular complexity index is 757. The molecule has 0 bridgehead atoms. The monoisotopic (exact) mass is 291 g/mol. The van der Waals surface area contributed by atoms with Crippen molar-refractivity contribution in [1.82, 2.24) is 0 Å². The van der Waals surface area contributed by atoms with Gasteiger partial charge in [0.1, 0.15) is 5.75 Å². The Morgan fingerprint density at radius 3 is 2.45 bits per heavy atom. The average molecular weight is 291 g/mol. The van der Waals surface area contributed by atoms with Gasteiger partial charge in [0.15, 0.2) is 0 Å². The first-order chi connectivity index (χ1) is 10.6. The highest BCUT2D eigenvalue weighted by atomic mass is 16.3. The molecule has 0 fully saturated rings. The van der Waals surface area contributed by atoms with Gasteiger partial charge in [0.05, 0.1) is 5.92 Å². The standard InChI is InChI=1S/C19H17NO2/c1-13-12-15-5-3-2-4-14(15)6-11-18(13)19(22)20-16-7-9-17(21)10-8-16/h2-12,18,21H,1H3,(H,20,22). The Morgan fingerprint density at radius 1 is 1.05 bits per heavy atom. The van der Waals surface area contributed by atoms with Crippen LogP contribution in [0.3, 0.4) is 0 Å². The number of carbonyl (C=O) groups excluding carboxylic acids is 1. The number of carbonyl (C=O) groups is 1. The highest BCUT2D eigenvalue weighted by Gasteiger charge is 2.19. The minimum absolute atomic E-state index is 0.0801. The van der Waals surface area contributed by atoms with Gasteiger partial charge in [-0.2, -0.15) is 0 Å². The molecule has 1 amide bonds. The van der Waals surface area contributed by atoms with E-state index in [-0.39, 0.29) is 17.6 Å². The molecule has 0 aromatic heterocycles. The number of anilines is 1. The molecule has 110 valence electrons. The second kappa shape index (κ2) is 5.90. The fourth-order valence-corrected chi connectivity index (χ4v) is 2.54. The molecule has 3 rings (SSSR count). The number of phenolic OH excluding ortho intramolecular Hbond substituents is 1. The summed E-state index contributed by atoms with van der Waals surface area (Å²) < 4.78 is 0. The lowest BCUT2D eigenvalue weighted by Gasteiger charge is -2.13. The molecule has 3 heteroatoms. The second-order valence-corrected chi connectivity index (χ2v) is 5.39. The number of phenols is 1. The van der Waals surface area contributed by atoms with E-state index in [1.165, 1.54) is 0 Å². The smallest absolute Gasteiger partial charge is 0.235 e. The molecule has 1 atom stereocenters. The summed E-state index contributed by atoms with van der Waals surface area (Å²) in [4.78, 5) is 12.5. The normalized spacial score (nSPS) is 16.4. The van der Waals surface area contributed by atoms with Crippen molar-refractivity contribution in [3.05, 3.63) is 71.3 Å². The molecule has 2 N–H and O–H groups in total. The van der Waals surface area contributed by atoms with Crippen LogP contribution in [0, 0.1) is 5.92 Å². The summed E-state index contributed by atoms with van der Waals surface area (Å²) >= 11 is 0. The molecule has 0 aliphatic heterocycles. The molecule has 0 saturated heterocycles. The van der Waals surface area contributed by atoms with Gasteiger partial charge >= 0.3 is 0 Å². The van der Waals surface area contributed by atoms with Gasteiger partial charge in [-0.05, 0) is 42.3 Å². The van der Waals surface area contributed by atoms with Crippen LogP contribution < -0.4 is 5.32 Å². The van der Waals surface area contributed by atoms with Crippen molar-refractivity contribution >= 4 is 23.7 Å². The van der Waals surface area contributed by atoms with Gasteiger partial charge in [0.2, 0.25) is 5.91 Å². The topological polar surface area (TPSA) is 49.3 Å². The third kappa shape index (κ3) is 2.93. The van der Waals surface area contributed by atoms with E-state index in [4.69, 9.17) is 0 Å². The quantitative estimate of drug-likeness (QED) is 0.819. The van der Waals surface area contributed by atoms with Crippen molar-refractivity contribution in [2.75, 3.05) is 5.32 Å². The van der Waals surface area contributed by atoms with Gasteiger partial charge < -0.3 is 10.4 Å². The van der Waals surface area contributed by atoms with Gasteiger partial charge in [-0.15, -0.1) is 0 Å². The molecule has 1 aliphatic rings. The number of hydrogen-bond acceptors (Lipinski definition) is 2. The van der Waals surface area contributed by atoms with Gasteiger partial charge in [0.25, 0.3) is 0 Å². The maximum atomic E-state index is 12.5. The Kier molecular flexibility index (Phi) is 3.79. The number of hydrogen-bond donors (Lipinski definition) is 2. The van der Waals surface area contributed by atoms with E-state index in [1.807, 2.05) is 43.3 Å². The lowest BCUT2D eigenvalue weighted by Crippen LogP contribution is -2.21. The molecule has 0 radical (unpaired) electrons. The summed E-state index contributed by atoms with van der Waals surface area (Å²) in [6.07, 6.45) is 5.97. The maximum absolute atomic E-state index is 12.5. The van der Waals surface area contributed by atoms with E-state index in [9.17, 15) is 9.90 Å². The summed E-state index contributed by atoms with van der Waals surface area (Å²) in [7, 11) is 0. The van der Waals surface area contributed by atoms with Crippen LogP contribution >= 0.6 is 0 Å². The number of aromatic hydroxyl groups is 1. The lowest BCUT2D eigenvalue weighted by molar-refractivity contribution is -0.117. The first-order valence-electron chi connectivity index (χ1n) is 7.19. The highest BCUT2D eigenvalue weighted by molar-refractivity contribution is 5.97. The van der Waals surface area contributed by atoms with Gasteiger partial charge in [-0.3, -0.25) is 4.79 Å².